The first kappa shape index (κ1) is 15.1. The van der Waals surface area contributed by atoms with Crippen molar-refractivity contribution in [2.24, 2.45) is 5.92 Å². The lowest BCUT2D eigenvalue weighted by atomic mass is 10.0. The normalized spacial score (nSPS) is 12.2. The molecule has 0 bridgehead atoms. The highest BCUT2D eigenvalue weighted by Crippen LogP contribution is 2.15. The van der Waals surface area contributed by atoms with E-state index in [4.69, 9.17) is 5.11 Å². The number of rotatable bonds is 6. The molecule has 0 saturated heterocycles. The molecule has 0 aliphatic rings. The van der Waals surface area contributed by atoms with E-state index in [-0.39, 0.29) is 18.4 Å². The SMILES string of the molecule is CCC(CCO)CNC(=O)c1cc(F)cc(Br)c1. The van der Waals surface area contributed by atoms with Crippen LogP contribution in [0.3, 0.4) is 0 Å². The Kier molecular flexibility index (Phi) is 6.29. The molecule has 2 N–H and O–H groups in total. The van der Waals surface area contributed by atoms with E-state index in [0.717, 1.165) is 6.42 Å². The van der Waals surface area contributed by atoms with E-state index in [1.807, 2.05) is 6.92 Å². The van der Waals surface area contributed by atoms with Crippen LogP contribution < -0.4 is 5.32 Å². The van der Waals surface area contributed by atoms with Crippen LogP contribution in [0.5, 0.6) is 0 Å². The number of hydrogen-bond donors (Lipinski definition) is 2. The zero-order chi connectivity index (χ0) is 13.5. The van der Waals surface area contributed by atoms with Gasteiger partial charge in [0.05, 0.1) is 0 Å². The van der Waals surface area contributed by atoms with E-state index >= 15 is 0 Å². The van der Waals surface area contributed by atoms with E-state index < -0.39 is 5.82 Å². The molecule has 0 fully saturated rings. The standard InChI is InChI=1S/C13H17BrFNO2/c1-2-9(3-4-17)8-16-13(18)10-5-11(14)7-12(15)6-10/h5-7,9,17H,2-4,8H2,1H3,(H,16,18). The summed E-state index contributed by atoms with van der Waals surface area (Å²) < 4.78 is 13.7. The molecule has 0 aliphatic heterocycles. The summed E-state index contributed by atoms with van der Waals surface area (Å²) >= 11 is 3.15. The minimum absolute atomic E-state index is 0.111. The molecule has 0 aromatic heterocycles. The maximum atomic E-state index is 13.1. The van der Waals surface area contributed by atoms with Gasteiger partial charge in [0, 0.05) is 23.2 Å². The van der Waals surface area contributed by atoms with E-state index in [1.165, 1.54) is 12.1 Å². The van der Waals surface area contributed by atoms with Crippen molar-refractivity contribution in [3.63, 3.8) is 0 Å². The van der Waals surface area contributed by atoms with Crippen LogP contribution in [0.2, 0.25) is 0 Å². The molecule has 1 unspecified atom stereocenters. The van der Waals surface area contributed by atoms with Crippen molar-refractivity contribution in [1.82, 2.24) is 5.32 Å². The molecular formula is C13H17BrFNO2. The fraction of sp³-hybridized carbons (Fsp3) is 0.462. The smallest absolute Gasteiger partial charge is 0.251 e. The van der Waals surface area contributed by atoms with Gasteiger partial charge < -0.3 is 10.4 Å². The van der Waals surface area contributed by atoms with Gasteiger partial charge in [-0.2, -0.15) is 0 Å². The van der Waals surface area contributed by atoms with E-state index in [9.17, 15) is 9.18 Å². The van der Waals surface area contributed by atoms with Crippen molar-refractivity contribution >= 4 is 21.8 Å². The summed E-state index contributed by atoms with van der Waals surface area (Å²) in [4.78, 5) is 11.8. The van der Waals surface area contributed by atoms with Crippen molar-refractivity contribution < 1.29 is 14.3 Å². The molecule has 0 saturated carbocycles. The van der Waals surface area contributed by atoms with Crippen LogP contribution in [0.1, 0.15) is 30.1 Å². The van der Waals surface area contributed by atoms with Gasteiger partial charge in [0.1, 0.15) is 5.82 Å². The number of carbonyl (C=O) groups is 1. The Balaban J connectivity index is 2.59. The van der Waals surface area contributed by atoms with E-state index in [0.29, 0.717) is 23.0 Å². The molecule has 1 aromatic rings. The summed E-state index contributed by atoms with van der Waals surface area (Å²) in [5.41, 5.74) is 0.292. The molecule has 5 heteroatoms. The second-order valence-electron chi connectivity index (χ2n) is 4.15. The largest absolute Gasteiger partial charge is 0.396 e. The third-order valence-corrected chi connectivity index (χ3v) is 3.25. The number of nitrogens with one attached hydrogen (secondary N) is 1. The van der Waals surface area contributed by atoms with Crippen LogP contribution in [0.4, 0.5) is 4.39 Å². The topological polar surface area (TPSA) is 49.3 Å². The molecular weight excluding hydrogens is 301 g/mol. The first-order chi connectivity index (χ1) is 8.56. The van der Waals surface area contributed by atoms with Crippen LogP contribution in [0, 0.1) is 11.7 Å². The molecule has 1 amide bonds. The van der Waals surface area contributed by atoms with Crippen LogP contribution in [-0.2, 0) is 0 Å². The van der Waals surface area contributed by atoms with E-state index in [1.54, 1.807) is 6.07 Å². The summed E-state index contributed by atoms with van der Waals surface area (Å²) in [7, 11) is 0. The Bertz CT molecular complexity index is 392. The monoisotopic (exact) mass is 317 g/mol. The molecule has 0 spiro atoms. The van der Waals surface area contributed by atoms with Crippen molar-refractivity contribution in [2.75, 3.05) is 13.2 Å². The second-order valence-corrected chi connectivity index (χ2v) is 5.07. The fourth-order valence-electron chi connectivity index (χ4n) is 1.66. The lowest BCUT2D eigenvalue weighted by molar-refractivity contribution is 0.0943. The number of halogens is 2. The van der Waals surface area contributed by atoms with Gasteiger partial charge in [-0.25, -0.2) is 4.39 Å². The lowest BCUT2D eigenvalue weighted by Crippen LogP contribution is -2.29. The van der Waals surface area contributed by atoms with Crippen LogP contribution in [0.25, 0.3) is 0 Å². The minimum Gasteiger partial charge on any atom is -0.396 e. The molecule has 100 valence electrons. The Morgan fingerprint density at radius 3 is 2.78 bits per heavy atom. The maximum Gasteiger partial charge on any atom is 0.251 e. The van der Waals surface area contributed by atoms with Crippen LogP contribution in [0.15, 0.2) is 22.7 Å². The summed E-state index contributed by atoms with van der Waals surface area (Å²) in [6, 6.07) is 4.08. The van der Waals surface area contributed by atoms with Crippen molar-refractivity contribution in [1.29, 1.82) is 0 Å². The summed E-state index contributed by atoms with van der Waals surface area (Å²) in [6.45, 7) is 2.61. The fourth-order valence-corrected chi connectivity index (χ4v) is 2.12. The van der Waals surface area contributed by atoms with Crippen LogP contribution >= 0.6 is 15.9 Å². The Labute approximate surface area is 115 Å². The van der Waals surface area contributed by atoms with Gasteiger partial charge in [0.25, 0.3) is 5.91 Å². The molecule has 0 aliphatic carbocycles. The third kappa shape index (κ3) is 4.74. The molecule has 1 rings (SSSR count). The Hall–Kier alpha value is -0.940. The lowest BCUT2D eigenvalue weighted by Gasteiger charge is -2.14. The number of benzene rings is 1. The average molecular weight is 318 g/mol. The third-order valence-electron chi connectivity index (χ3n) is 2.79. The Morgan fingerprint density at radius 1 is 1.50 bits per heavy atom. The van der Waals surface area contributed by atoms with Gasteiger partial charge in [-0.1, -0.05) is 29.3 Å². The number of aliphatic hydroxyl groups is 1. The predicted molar refractivity (Wildman–Crippen MR) is 71.9 cm³/mol. The van der Waals surface area contributed by atoms with Crippen molar-refractivity contribution in [2.45, 2.75) is 19.8 Å². The van der Waals surface area contributed by atoms with Gasteiger partial charge in [0.15, 0.2) is 0 Å². The summed E-state index contributed by atoms with van der Waals surface area (Å²) in [6.07, 6.45) is 1.54. The van der Waals surface area contributed by atoms with Gasteiger partial charge >= 0.3 is 0 Å². The maximum absolute atomic E-state index is 13.1. The van der Waals surface area contributed by atoms with Crippen molar-refractivity contribution in [3.05, 3.63) is 34.1 Å². The van der Waals surface area contributed by atoms with E-state index in [2.05, 4.69) is 21.2 Å². The second kappa shape index (κ2) is 7.48. The van der Waals surface area contributed by atoms with Gasteiger partial charge in [-0.15, -0.1) is 0 Å². The molecule has 0 radical (unpaired) electrons. The quantitative estimate of drug-likeness (QED) is 0.847. The molecule has 3 nitrogen and oxygen atoms in total. The summed E-state index contributed by atoms with van der Waals surface area (Å²) in [5.74, 6) is -0.500. The number of aliphatic hydroxyl groups excluding tert-OH is 1. The highest BCUT2D eigenvalue weighted by molar-refractivity contribution is 9.10. The highest BCUT2D eigenvalue weighted by Gasteiger charge is 2.11. The predicted octanol–water partition coefficient (Wildman–Crippen LogP) is 2.73. The highest BCUT2D eigenvalue weighted by atomic mass is 79.9. The van der Waals surface area contributed by atoms with Crippen molar-refractivity contribution in [3.8, 4) is 0 Å². The molecule has 18 heavy (non-hydrogen) atoms. The zero-order valence-electron chi connectivity index (χ0n) is 10.2. The number of amides is 1. The minimum atomic E-state index is -0.447. The van der Waals surface area contributed by atoms with Gasteiger partial charge in [-0.05, 0) is 30.5 Å². The van der Waals surface area contributed by atoms with Crippen LogP contribution in [-0.4, -0.2) is 24.2 Å². The molecule has 1 atom stereocenters. The Morgan fingerprint density at radius 2 is 2.22 bits per heavy atom. The molecule has 0 heterocycles. The number of carbonyl (C=O) groups excluding carboxylic acids is 1. The van der Waals surface area contributed by atoms with Gasteiger partial charge in [-0.3, -0.25) is 4.79 Å². The average Bonchev–Trinajstić information content (AvgIpc) is 2.32. The number of hydrogen-bond acceptors (Lipinski definition) is 2. The van der Waals surface area contributed by atoms with Gasteiger partial charge in [0.2, 0.25) is 0 Å². The first-order valence-corrected chi connectivity index (χ1v) is 6.71. The zero-order valence-corrected chi connectivity index (χ0v) is 11.8. The molecule has 1 aromatic carbocycles. The summed E-state index contributed by atoms with van der Waals surface area (Å²) in [5, 5.41) is 11.6. The first-order valence-electron chi connectivity index (χ1n) is 5.92.